The number of methoxy groups -OCH3 is 1. The zero-order valence-electron chi connectivity index (χ0n) is 22.3. The number of piperazine rings is 1. The Labute approximate surface area is 222 Å². The molecule has 4 rings (SSSR count). The molecule has 1 amide bonds. The first-order valence-electron chi connectivity index (χ1n) is 12.7. The molecule has 2 N–H and O–H groups in total. The summed E-state index contributed by atoms with van der Waals surface area (Å²) >= 11 is 0. The van der Waals surface area contributed by atoms with Gasteiger partial charge in [0.2, 0.25) is 0 Å². The minimum absolute atomic E-state index is 0.0675. The largest absolute Gasteiger partial charge is 0.493 e. The van der Waals surface area contributed by atoms with Crippen molar-refractivity contribution in [2.75, 3.05) is 52.2 Å². The van der Waals surface area contributed by atoms with Crippen molar-refractivity contribution in [2.24, 2.45) is 0 Å². The minimum Gasteiger partial charge on any atom is -0.493 e. The average molecular weight is 527 g/mol. The van der Waals surface area contributed by atoms with Gasteiger partial charge in [-0.3, -0.25) is 9.88 Å². The highest BCUT2D eigenvalue weighted by Crippen LogP contribution is 2.37. The maximum Gasteiger partial charge on any atom is 0.410 e. The summed E-state index contributed by atoms with van der Waals surface area (Å²) in [7, 11) is 1.56. The normalized spacial score (nSPS) is 14.4. The van der Waals surface area contributed by atoms with Crippen molar-refractivity contribution in [3.8, 4) is 23.0 Å². The van der Waals surface area contributed by atoms with Gasteiger partial charge in [0, 0.05) is 62.1 Å². The fraction of sp³-hybridized carbons (Fsp3) is 0.429. The number of benzene rings is 2. The number of pyridine rings is 1. The lowest BCUT2D eigenvalue weighted by molar-refractivity contribution is 0.0142. The summed E-state index contributed by atoms with van der Waals surface area (Å²) < 4.78 is 37.2. The number of hydrogen-bond donors (Lipinski definition) is 1. The van der Waals surface area contributed by atoms with Gasteiger partial charge in [-0.2, -0.15) is 0 Å². The second kappa shape index (κ2) is 11.7. The number of hydrogen-bond acceptors (Lipinski definition) is 8. The Kier molecular flexibility index (Phi) is 8.41. The highest BCUT2D eigenvalue weighted by Gasteiger charge is 2.25. The van der Waals surface area contributed by atoms with Crippen LogP contribution in [0.1, 0.15) is 27.2 Å². The zero-order chi connectivity index (χ0) is 27.3. The Morgan fingerprint density at radius 2 is 1.79 bits per heavy atom. The van der Waals surface area contributed by atoms with Crippen LogP contribution in [0.15, 0.2) is 42.6 Å². The quantitative estimate of drug-likeness (QED) is 0.321. The van der Waals surface area contributed by atoms with Gasteiger partial charge in [-0.1, -0.05) is 0 Å². The molecule has 3 aromatic rings. The van der Waals surface area contributed by atoms with Gasteiger partial charge in [-0.05, 0) is 51.5 Å². The Hall–Kier alpha value is -3.79. The van der Waals surface area contributed by atoms with E-state index in [0.29, 0.717) is 53.5 Å². The van der Waals surface area contributed by atoms with E-state index < -0.39 is 11.4 Å². The number of amides is 1. The molecule has 0 spiro atoms. The molecule has 1 saturated heterocycles. The maximum absolute atomic E-state index is 14.3. The number of nitrogens with zero attached hydrogens (tertiary/aromatic N) is 3. The summed E-state index contributed by atoms with van der Waals surface area (Å²) in [5.74, 6) is 1.05. The third kappa shape index (κ3) is 6.95. The number of nitrogen functional groups attached to an aromatic ring is 1. The summed E-state index contributed by atoms with van der Waals surface area (Å²) in [4.78, 5) is 20.7. The Morgan fingerprint density at radius 3 is 2.47 bits per heavy atom. The minimum atomic E-state index is -0.548. The van der Waals surface area contributed by atoms with Gasteiger partial charge in [0.1, 0.15) is 11.4 Å². The molecule has 0 radical (unpaired) electrons. The molecule has 0 bridgehead atoms. The van der Waals surface area contributed by atoms with Crippen LogP contribution in [-0.4, -0.2) is 72.9 Å². The summed E-state index contributed by atoms with van der Waals surface area (Å²) in [6, 6.07) is 9.52. The molecule has 38 heavy (non-hydrogen) atoms. The van der Waals surface area contributed by atoms with Gasteiger partial charge >= 0.3 is 6.09 Å². The van der Waals surface area contributed by atoms with Gasteiger partial charge in [-0.25, -0.2) is 9.18 Å². The van der Waals surface area contributed by atoms with Crippen molar-refractivity contribution < 1.29 is 28.1 Å². The van der Waals surface area contributed by atoms with E-state index >= 15 is 0 Å². The van der Waals surface area contributed by atoms with Crippen LogP contribution >= 0.6 is 0 Å². The number of halogens is 1. The van der Waals surface area contributed by atoms with E-state index in [-0.39, 0.29) is 11.8 Å². The first kappa shape index (κ1) is 27.3. The monoisotopic (exact) mass is 526 g/mol. The van der Waals surface area contributed by atoms with Crippen molar-refractivity contribution in [1.29, 1.82) is 0 Å². The molecule has 2 aromatic carbocycles. The predicted molar refractivity (Wildman–Crippen MR) is 144 cm³/mol. The predicted octanol–water partition coefficient (Wildman–Crippen LogP) is 5.08. The topological polar surface area (TPSA) is 99.4 Å². The fourth-order valence-electron chi connectivity index (χ4n) is 4.16. The van der Waals surface area contributed by atoms with E-state index in [4.69, 9.17) is 24.7 Å². The molecule has 0 unspecified atom stereocenters. The van der Waals surface area contributed by atoms with Crippen molar-refractivity contribution >= 4 is 22.7 Å². The van der Waals surface area contributed by atoms with E-state index in [0.717, 1.165) is 26.1 Å². The second-order valence-electron chi connectivity index (χ2n) is 10.1. The van der Waals surface area contributed by atoms with E-state index in [2.05, 4.69) is 9.88 Å². The number of rotatable bonds is 8. The maximum atomic E-state index is 14.3. The van der Waals surface area contributed by atoms with Gasteiger partial charge in [0.25, 0.3) is 0 Å². The number of anilines is 1. The third-order valence-corrected chi connectivity index (χ3v) is 6.06. The molecule has 2 heterocycles. The van der Waals surface area contributed by atoms with Crippen molar-refractivity contribution in [3.05, 3.63) is 48.4 Å². The molecule has 1 aliphatic heterocycles. The number of carbonyl (C=O) groups excluding carboxylic acids is 1. The molecular weight excluding hydrogens is 491 g/mol. The molecule has 1 aromatic heterocycles. The van der Waals surface area contributed by atoms with E-state index in [1.54, 1.807) is 42.5 Å². The molecule has 1 aliphatic rings. The van der Waals surface area contributed by atoms with Crippen LogP contribution in [0.3, 0.4) is 0 Å². The van der Waals surface area contributed by atoms with Crippen LogP contribution in [0, 0.1) is 5.82 Å². The van der Waals surface area contributed by atoms with E-state index in [1.807, 2.05) is 20.8 Å². The highest BCUT2D eigenvalue weighted by molar-refractivity contribution is 5.88. The molecule has 9 nitrogen and oxygen atoms in total. The SMILES string of the molecule is COc1cc2c(Oc3ccc(N)cc3F)ccnc2cc1OCCCN1CCN(C(=O)OC(C)(C)C)CC1. The van der Waals surface area contributed by atoms with Gasteiger partial charge < -0.3 is 29.6 Å². The molecule has 204 valence electrons. The Balaban J connectivity index is 1.33. The molecule has 10 heteroatoms. The third-order valence-electron chi connectivity index (χ3n) is 6.06. The number of ether oxygens (including phenoxy) is 4. The standard InChI is InChI=1S/C28H35FN4O5/c1-28(2,3)38-27(34)33-13-11-32(12-14-33)10-5-15-36-26-18-22-20(17-25(26)35-4)23(8-9-31-22)37-24-7-6-19(30)16-21(24)29/h6-9,16-18H,5,10-15,30H2,1-4H3. The lowest BCUT2D eigenvalue weighted by atomic mass is 10.1. The summed E-state index contributed by atoms with van der Waals surface area (Å²) in [5, 5.41) is 0.663. The van der Waals surface area contributed by atoms with Gasteiger partial charge in [0.15, 0.2) is 23.1 Å². The Morgan fingerprint density at radius 1 is 1.03 bits per heavy atom. The summed E-state index contributed by atoms with van der Waals surface area (Å²) in [6.07, 6.45) is 2.14. The number of fused-ring (bicyclic) bond motifs is 1. The first-order chi connectivity index (χ1) is 18.1. The molecule has 0 atom stereocenters. The summed E-state index contributed by atoms with van der Waals surface area (Å²) in [5.41, 5.74) is 6.10. The molecule has 1 fully saturated rings. The average Bonchev–Trinajstić information content (AvgIpc) is 2.87. The van der Waals surface area contributed by atoms with Gasteiger partial charge in [-0.15, -0.1) is 0 Å². The van der Waals surface area contributed by atoms with Crippen LogP contribution in [0.2, 0.25) is 0 Å². The lowest BCUT2D eigenvalue weighted by Gasteiger charge is -2.35. The van der Waals surface area contributed by atoms with Crippen molar-refractivity contribution in [3.63, 3.8) is 0 Å². The smallest absolute Gasteiger partial charge is 0.410 e. The number of carbonyl (C=O) groups is 1. The van der Waals surface area contributed by atoms with Crippen molar-refractivity contribution in [2.45, 2.75) is 32.8 Å². The highest BCUT2D eigenvalue weighted by atomic mass is 19.1. The number of aromatic nitrogens is 1. The Bertz CT molecular complexity index is 1270. The van der Waals surface area contributed by atoms with E-state index in [1.165, 1.54) is 12.1 Å². The van der Waals surface area contributed by atoms with E-state index in [9.17, 15) is 9.18 Å². The van der Waals surface area contributed by atoms with Crippen LogP contribution in [0.25, 0.3) is 10.9 Å². The van der Waals surface area contributed by atoms with Crippen molar-refractivity contribution in [1.82, 2.24) is 14.8 Å². The number of nitrogens with two attached hydrogens (primary N) is 1. The summed E-state index contributed by atoms with van der Waals surface area (Å²) in [6.45, 7) is 9.82. The molecule has 0 saturated carbocycles. The fourth-order valence-corrected chi connectivity index (χ4v) is 4.16. The molecule has 0 aliphatic carbocycles. The van der Waals surface area contributed by atoms with Crippen LogP contribution in [0.5, 0.6) is 23.0 Å². The van der Waals surface area contributed by atoms with Crippen LogP contribution < -0.4 is 19.9 Å². The first-order valence-corrected chi connectivity index (χ1v) is 12.7. The molecular formula is C28H35FN4O5. The van der Waals surface area contributed by atoms with Gasteiger partial charge in [0.05, 0.1) is 19.2 Å². The zero-order valence-corrected chi connectivity index (χ0v) is 22.3. The van der Waals surface area contributed by atoms with Crippen LogP contribution in [0.4, 0.5) is 14.9 Å². The lowest BCUT2D eigenvalue weighted by Crippen LogP contribution is -2.50. The van der Waals surface area contributed by atoms with Crippen LogP contribution in [-0.2, 0) is 4.74 Å². The second-order valence-corrected chi connectivity index (χ2v) is 10.1.